The lowest BCUT2D eigenvalue weighted by molar-refractivity contribution is -0.384. The van der Waals surface area contributed by atoms with Crippen molar-refractivity contribution in [1.82, 2.24) is 4.57 Å². The van der Waals surface area contributed by atoms with Crippen molar-refractivity contribution in [3.8, 4) is 16.9 Å². The molecular formula is C27H18N2O3S. The fraction of sp³-hybridized carbons (Fsp3) is 0. The predicted molar refractivity (Wildman–Crippen MR) is 132 cm³/mol. The summed E-state index contributed by atoms with van der Waals surface area (Å²) in [6, 6.07) is 33.5. The first-order valence-electron chi connectivity index (χ1n) is 10.3. The van der Waals surface area contributed by atoms with Crippen LogP contribution in [0.5, 0.6) is 0 Å². The number of non-ortho nitro benzene ring substituents is 1. The number of rotatable bonds is 5. The summed E-state index contributed by atoms with van der Waals surface area (Å²) in [5, 5.41) is 12.5. The fourth-order valence-electron chi connectivity index (χ4n) is 3.86. The Bertz CT molecular complexity index is 1510. The van der Waals surface area contributed by atoms with Crippen LogP contribution in [0.4, 0.5) is 5.69 Å². The van der Waals surface area contributed by atoms with E-state index in [1.165, 1.54) is 23.9 Å². The molecule has 6 heteroatoms. The van der Waals surface area contributed by atoms with Crippen molar-refractivity contribution in [3.63, 3.8) is 0 Å². The van der Waals surface area contributed by atoms with Gasteiger partial charge >= 0.3 is 0 Å². The van der Waals surface area contributed by atoms with Gasteiger partial charge in [0.1, 0.15) is 0 Å². The first-order chi connectivity index (χ1) is 16.1. The van der Waals surface area contributed by atoms with Crippen molar-refractivity contribution < 1.29 is 4.92 Å². The molecule has 5 nitrogen and oxygen atoms in total. The highest BCUT2D eigenvalue weighted by molar-refractivity contribution is 7.99. The van der Waals surface area contributed by atoms with E-state index in [0.29, 0.717) is 5.39 Å². The third-order valence-electron chi connectivity index (χ3n) is 5.37. The topological polar surface area (TPSA) is 65.1 Å². The van der Waals surface area contributed by atoms with Crippen LogP contribution >= 0.6 is 11.8 Å². The van der Waals surface area contributed by atoms with E-state index >= 15 is 0 Å². The number of nitrogens with zero attached hydrogens (tertiary/aromatic N) is 2. The second-order valence-corrected chi connectivity index (χ2v) is 8.50. The minimum Gasteiger partial charge on any atom is -0.275 e. The molecule has 0 radical (unpaired) electrons. The van der Waals surface area contributed by atoms with Crippen molar-refractivity contribution in [2.75, 3.05) is 0 Å². The van der Waals surface area contributed by atoms with Crippen LogP contribution in [0.1, 0.15) is 0 Å². The van der Waals surface area contributed by atoms with Crippen LogP contribution in [0, 0.1) is 10.1 Å². The Balaban J connectivity index is 1.84. The highest BCUT2D eigenvalue weighted by Gasteiger charge is 2.20. The zero-order valence-electron chi connectivity index (χ0n) is 17.4. The van der Waals surface area contributed by atoms with Gasteiger partial charge in [-0.1, -0.05) is 78.5 Å². The number of hydrogen-bond acceptors (Lipinski definition) is 4. The lowest BCUT2D eigenvalue weighted by Crippen LogP contribution is -2.21. The molecule has 33 heavy (non-hydrogen) atoms. The fourth-order valence-corrected chi connectivity index (χ4v) is 4.96. The van der Waals surface area contributed by atoms with Crippen molar-refractivity contribution in [3.05, 3.63) is 130 Å². The molecule has 0 spiro atoms. The highest BCUT2D eigenvalue weighted by Crippen LogP contribution is 2.41. The maximum Gasteiger partial charge on any atom is 0.269 e. The van der Waals surface area contributed by atoms with Crippen LogP contribution in [0.3, 0.4) is 0 Å². The molecule has 0 aliphatic heterocycles. The van der Waals surface area contributed by atoms with Gasteiger partial charge in [0.15, 0.2) is 0 Å². The second-order valence-electron chi connectivity index (χ2n) is 7.42. The molecule has 4 aromatic carbocycles. The maximum absolute atomic E-state index is 13.7. The van der Waals surface area contributed by atoms with Crippen LogP contribution in [0.25, 0.3) is 27.7 Å². The molecule has 5 rings (SSSR count). The Morgan fingerprint density at radius 3 is 1.91 bits per heavy atom. The van der Waals surface area contributed by atoms with Gasteiger partial charge in [-0.05, 0) is 35.9 Å². The number of aromatic nitrogens is 1. The standard InChI is InChI=1S/C27H18N2O3S/c30-27-24-14-8-7-13-23(24)26(33-22-17-15-21(16-18-22)29(31)32)25(19-9-3-1-4-10-19)28(27)20-11-5-2-6-12-20/h1-18H. The van der Waals surface area contributed by atoms with Gasteiger partial charge in [0, 0.05) is 38.4 Å². The van der Waals surface area contributed by atoms with Gasteiger partial charge in [0.25, 0.3) is 11.2 Å². The molecular weight excluding hydrogens is 432 g/mol. The number of benzene rings is 4. The molecule has 0 unspecified atom stereocenters. The van der Waals surface area contributed by atoms with E-state index in [1.807, 2.05) is 84.9 Å². The molecule has 160 valence electrons. The van der Waals surface area contributed by atoms with Crippen LogP contribution in [-0.4, -0.2) is 9.49 Å². The van der Waals surface area contributed by atoms with Crippen molar-refractivity contribution in [2.24, 2.45) is 0 Å². The van der Waals surface area contributed by atoms with Gasteiger partial charge in [-0.3, -0.25) is 19.5 Å². The van der Waals surface area contributed by atoms with Gasteiger partial charge < -0.3 is 0 Å². The first kappa shape index (κ1) is 20.7. The van der Waals surface area contributed by atoms with Crippen LogP contribution in [-0.2, 0) is 0 Å². The molecule has 0 N–H and O–H groups in total. The smallest absolute Gasteiger partial charge is 0.269 e. The van der Waals surface area contributed by atoms with Gasteiger partial charge in [-0.25, -0.2) is 0 Å². The number of hydrogen-bond donors (Lipinski definition) is 0. The number of fused-ring (bicyclic) bond motifs is 1. The molecule has 5 aromatic rings. The van der Waals surface area contributed by atoms with E-state index < -0.39 is 4.92 Å². The van der Waals surface area contributed by atoms with Crippen LogP contribution < -0.4 is 5.56 Å². The summed E-state index contributed by atoms with van der Waals surface area (Å²) in [4.78, 5) is 26.2. The van der Waals surface area contributed by atoms with E-state index in [2.05, 4.69) is 0 Å². The summed E-state index contributed by atoms with van der Waals surface area (Å²) in [7, 11) is 0. The Labute approximate surface area is 194 Å². The minimum absolute atomic E-state index is 0.0433. The normalized spacial score (nSPS) is 10.9. The summed E-state index contributed by atoms with van der Waals surface area (Å²) in [5.41, 5.74) is 2.42. The van der Waals surface area contributed by atoms with E-state index in [9.17, 15) is 14.9 Å². The Kier molecular flexibility index (Phi) is 5.50. The number of nitro groups is 1. The number of para-hydroxylation sites is 1. The average molecular weight is 451 g/mol. The summed E-state index contributed by atoms with van der Waals surface area (Å²) in [6.45, 7) is 0. The number of nitro benzene ring substituents is 1. The van der Waals surface area contributed by atoms with E-state index in [-0.39, 0.29) is 11.2 Å². The van der Waals surface area contributed by atoms with Crippen molar-refractivity contribution in [1.29, 1.82) is 0 Å². The average Bonchev–Trinajstić information content (AvgIpc) is 2.87. The SMILES string of the molecule is O=c1c2ccccc2c(Sc2ccc([N+](=O)[O-])cc2)c(-c2ccccc2)n1-c1ccccc1. The van der Waals surface area contributed by atoms with Gasteiger partial charge in [-0.2, -0.15) is 0 Å². The summed E-state index contributed by atoms with van der Waals surface area (Å²) >= 11 is 1.49. The molecule has 0 amide bonds. The molecule has 1 aromatic heterocycles. The Morgan fingerprint density at radius 2 is 1.27 bits per heavy atom. The monoisotopic (exact) mass is 450 g/mol. The predicted octanol–water partition coefficient (Wildman–Crippen LogP) is 6.72. The van der Waals surface area contributed by atoms with Gasteiger partial charge in [0.2, 0.25) is 0 Å². The minimum atomic E-state index is -0.408. The lowest BCUT2D eigenvalue weighted by Gasteiger charge is -2.20. The van der Waals surface area contributed by atoms with E-state index in [0.717, 1.165) is 32.1 Å². The maximum atomic E-state index is 13.7. The van der Waals surface area contributed by atoms with Crippen LogP contribution in [0.2, 0.25) is 0 Å². The molecule has 0 atom stereocenters. The van der Waals surface area contributed by atoms with E-state index in [4.69, 9.17) is 0 Å². The Morgan fingerprint density at radius 1 is 0.697 bits per heavy atom. The molecule has 0 fully saturated rings. The molecule has 0 aliphatic rings. The summed E-state index contributed by atoms with van der Waals surface area (Å²) in [6.07, 6.45) is 0. The second kappa shape index (κ2) is 8.76. The third kappa shape index (κ3) is 3.92. The van der Waals surface area contributed by atoms with Crippen molar-refractivity contribution >= 4 is 28.2 Å². The lowest BCUT2D eigenvalue weighted by atomic mass is 10.1. The molecule has 1 heterocycles. The number of pyridine rings is 1. The third-order valence-corrected chi connectivity index (χ3v) is 6.50. The molecule has 0 bridgehead atoms. The van der Waals surface area contributed by atoms with E-state index in [1.54, 1.807) is 16.7 Å². The zero-order chi connectivity index (χ0) is 22.8. The first-order valence-corrected chi connectivity index (χ1v) is 11.2. The molecule has 0 aliphatic carbocycles. The van der Waals surface area contributed by atoms with Crippen LogP contribution in [0.15, 0.2) is 124 Å². The highest BCUT2D eigenvalue weighted by atomic mass is 32.2. The Hall–Kier alpha value is -4.16. The van der Waals surface area contributed by atoms with Crippen molar-refractivity contribution in [2.45, 2.75) is 9.79 Å². The van der Waals surface area contributed by atoms with Gasteiger partial charge in [-0.15, -0.1) is 0 Å². The largest absolute Gasteiger partial charge is 0.275 e. The quantitative estimate of drug-likeness (QED) is 0.220. The summed E-state index contributed by atoms with van der Waals surface area (Å²) < 4.78 is 1.76. The summed E-state index contributed by atoms with van der Waals surface area (Å²) in [5.74, 6) is 0. The zero-order valence-corrected chi connectivity index (χ0v) is 18.2. The van der Waals surface area contributed by atoms with Gasteiger partial charge in [0.05, 0.1) is 10.6 Å². The molecule has 0 saturated heterocycles. The molecule has 0 saturated carbocycles.